The molecule has 0 N–H and O–H groups in total. The molecule has 1 aliphatic heterocycles. The lowest BCUT2D eigenvalue weighted by atomic mass is 10.2. The van der Waals surface area contributed by atoms with E-state index in [-0.39, 0.29) is 5.56 Å². The van der Waals surface area contributed by atoms with Crippen LogP contribution >= 0.6 is 0 Å². The Morgan fingerprint density at radius 1 is 1.64 bits per heavy atom. The second kappa shape index (κ2) is 4.37. The molecule has 0 amide bonds. The van der Waals surface area contributed by atoms with E-state index in [9.17, 15) is 4.79 Å². The molecule has 4 heteroatoms. The van der Waals surface area contributed by atoms with Gasteiger partial charge in [0.1, 0.15) is 0 Å². The molecule has 0 aliphatic carbocycles. The van der Waals surface area contributed by atoms with Crippen molar-refractivity contribution in [1.82, 2.24) is 9.55 Å². The molecule has 14 heavy (non-hydrogen) atoms. The fraction of sp³-hybridized carbons (Fsp3) is 0.600. The summed E-state index contributed by atoms with van der Waals surface area (Å²) in [5, 5.41) is 0. The van der Waals surface area contributed by atoms with Gasteiger partial charge in [-0.2, -0.15) is 0 Å². The zero-order valence-electron chi connectivity index (χ0n) is 8.06. The van der Waals surface area contributed by atoms with Crippen molar-refractivity contribution in [2.45, 2.75) is 31.9 Å². The molecule has 0 aromatic carbocycles. The summed E-state index contributed by atoms with van der Waals surface area (Å²) in [5.41, 5.74) is 0.0120. The van der Waals surface area contributed by atoms with E-state index in [0.717, 1.165) is 25.9 Å². The van der Waals surface area contributed by atoms with Crippen LogP contribution in [-0.2, 0) is 11.3 Å². The number of rotatable bonds is 3. The molecule has 0 radical (unpaired) electrons. The van der Waals surface area contributed by atoms with Crippen LogP contribution in [0.25, 0.3) is 0 Å². The lowest BCUT2D eigenvalue weighted by Crippen LogP contribution is -2.21. The summed E-state index contributed by atoms with van der Waals surface area (Å²) < 4.78 is 7.11. The number of aromatic nitrogens is 2. The number of ether oxygens (including phenoxy) is 1. The van der Waals surface area contributed by atoms with Crippen molar-refractivity contribution < 1.29 is 4.74 Å². The molecule has 0 saturated carbocycles. The Hall–Kier alpha value is -1.16. The van der Waals surface area contributed by atoms with Gasteiger partial charge in [0.25, 0.3) is 5.56 Å². The van der Waals surface area contributed by atoms with Crippen LogP contribution in [-0.4, -0.2) is 22.3 Å². The molecule has 76 valence electrons. The maximum Gasteiger partial charge on any atom is 0.253 e. The van der Waals surface area contributed by atoms with Crippen molar-refractivity contribution >= 4 is 0 Å². The third kappa shape index (κ3) is 2.20. The van der Waals surface area contributed by atoms with Gasteiger partial charge in [0.05, 0.1) is 12.4 Å². The molecule has 4 nitrogen and oxygen atoms in total. The first kappa shape index (κ1) is 9.40. The van der Waals surface area contributed by atoms with E-state index in [1.165, 1.54) is 12.3 Å². The van der Waals surface area contributed by atoms with Gasteiger partial charge in [-0.1, -0.05) is 0 Å². The average Bonchev–Trinajstić information content (AvgIpc) is 2.69. The van der Waals surface area contributed by atoms with Crippen LogP contribution < -0.4 is 5.56 Å². The quantitative estimate of drug-likeness (QED) is 0.715. The Kier molecular flexibility index (Phi) is 2.93. The van der Waals surface area contributed by atoms with Crippen LogP contribution in [0.1, 0.15) is 19.3 Å². The average molecular weight is 194 g/mol. The van der Waals surface area contributed by atoms with E-state index >= 15 is 0 Å². The molecule has 0 bridgehead atoms. The lowest BCUT2D eigenvalue weighted by molar-refractivity contribution is 0.100. The standard InChI is InChI=1S/C10H14N2O2/c13-10-3-5-11-8-12(10)6-4-9-2-1-7-14-9/h3,5,8-9H,1-2,4,6-7H2. The highest BCUT2D eigenvalue weighted by atomic mass is 16.5. The van der Waals surface area contributed by atoms with Crippen LogP contribution in [0.2, 0.25) is 0 Å². The van der Waals surface area contributed by atoms with Crippen molar-refractivity contribution in [3.63, 3.8) is 0 Å². The first-order valence-corrected chi connectivity index (χ1v) is 4.98. The Balaban J connectivity index is 1.91. The first-order valence-electron chi connectivity index (χ1n) is 4.98. The molecular weight excluding hydrogens is 180 g/mol. The summed E-state index contributed by atoms with van der Waals surface area (Å²) in [4.78, 5) is 15.2. The van der Waals surface area contributed by atoms with Gasteiger partial charge in [0.15, 0.2) is 0 Å². The molecule has 2 rings (SSSR count). The van der Waals surface area contributed by atoms with E-state index in [1.54, 1.807) is 10.9 Å². The van der Waals surface area contributed by atoms with Crippen LogP contribution in [0.4, 0.5) is 0 Å². The second-order valence-electron chi connectivity index (χ2n) is 3.54. The Labute approximate surface area is 82.5 Å². The van der Waals surface area contributed by atoms with Gasteiger partial charge in [-0.15, -0.1) is 0 Å². The number of hydrogen-bond donors (Lipinski definition) is 0. The van der Waals surface area contributed by atoms with Crippen molar-refractivity contribution in [2.75, 3.05) is 6.61 Å². The molecule has 1 aromatic rings. The lowest BCUT2D eigenvalue weighted by Gasteiger charge is -2.09. The minimum Gasteiger partial charge on any atom is -0.378 e. The SMILES string of the molecule is O=c1ccncn1CCC1CCCO1. The molecular formula is C10H14N2O2. The van der Waals surface area contributed by atoms with Crippen molar-refractivity contribution in [3.05, 3.63) is 28.9 Å². The molecule has 1 saturated heterocycles. The van der Waals surface area contributed by atoms with Gasteiger partial charge >= 0.3 is 0 Å². The Bertz CT molecular complexity index is 342. The number of aryl methyl sites for hydroxylation is 1. The second-order valence-corrected chi connectivity index (χ2v) is 3.54. The maximum absolute atomic E-state index is 11.3. The minimum absolute atomic E-state index is 0.0120. The summed E-state index contributed by atoms with van der Waals surface area (Å²) in [6, 6.07) is 1.48. The van der Waals surface area contributed by atoms with Crippen LogP contribution in [0, 0.1) is 0 Å². The van der Waals surface area contributed by atoms with E-state index < -0.39 is 0 Å². The van der Waals surface area contributed by atoms with Crippen LogP contribution in [0.15, 0.2) is 23.4 Å². The number of nitrogens with zero attached hydrogens (tertiary/aromatic N) is 2. The molecule has 2 heterocycles. The maximum atomic E-state index is 11.3. The fourth-order valence-electron chi connectivity index (χ4n) is 1.70. The summed E-state index contributed by atoms with van der Waals surface area (Å²) in [6.45, 7) is 1.57. The summed E-state index contributed by atoms with van der Waals surface area (Å²) in [6.07, 6.45) is 6.61. The van der Waals surface area contributed by atoms with Crippen molar-refractivity contribution in [3.8, 4) is 0 Å². The molecule has 1 aliphatic rings. The van der Waals surface area contributed by atoms with Crippen LogP contribution in [0.3, 0.4) is 0 Å². The molecule has 1 atom stereocenters. The fourth-order valence-corrected chi connectivity index (χ4v) is 1.70. The smallest absolute Gasteiger partial charge is 0.253 e. The zero-order valence-corrected chi connectivity index (χ0v) is 8.06. The van der Waals surface area contributed by atoms with E-state index in [1.807, 2.05) is 0 Å². The van der Waals surface area contributed by atoms with Gasteiger partial charge in [0.2, 0.25) is 0 Å². The molecule has 0 spiro atoms. The first-order chi connectivity index (χ1) is 6.86. The van der Waals surface area contributed by atoms with Gasteiger partial charge in [0, 0.05) is 25.4 Å². The molecule has 1 unspecified atom stereocenters. The summed E-state index contributed by atoms with van der Waals surface area (Å²) in [7, 11) is 0. The highest BCUT2D eigenvalue weighted by Gasteiger charge is 2.14. The molecule has 1 fully saturated rings. The third-order valence-electron chi connectivity index (χ3n) is 2.51. The van der Waals surface area contributed by atoms with E-state index in [0.29, 0.717) is 12.6 Å². The van der Waals surface area contributed by atoms with E-state index in [2.05, 4.69) is 4.98 Å². The topological polar surface area (TPSA) is 44.1 Å². The van der Waals surface area contributed by atoms with E-state index in [4.69, 9.17) is 4.74 Å². The van der Waals surface area contributed by atoms with Crippen molar-refractivity contribution in [2.24, 2.45) is 0 Å². The zero-order chi connectivity index (χ0) is 9.80. The highest BCUT2D eigenvalue weighted by molar-refractivity contribution is 4.82. The number of hydrogen-bond acceptors (Lipinski definition) is 3. The normalized spacial score (nSPS) is 21.3. The predicted molar refractivity (Wildman–Crippen MR) is 52.1 cm³/mol. The minimum atomic E-state index is 0.0120. The predicted octanol–water partition coefficient (Wildman–Crippen LogP) is 0.812. The van der Waals surface area contributed by atoms with Gasteiger partial charge < -0.3 is 4.74 Å². The summed E-state index contributed by atoms with van der Waals surface area (Å²) in [5.74, 6) is 0. The third-order valence-corrected chi connectivity index (χ3v) is 2.51. The van der Waals surface area contributed by atoms with Crippen LogP contribution in [0.5, 0.6) is 0 Å². The largest absolute Gasteiger partial charge is 0.378 e. The molecule has 1 aromatic heterocycles. The Morgan fingerprint density at radius 3 is 3.29 bits per heavy atom. The van der Waals surface area contributed by atoms with Crippen molar-refractivity contribution in [1.29, 1.82) is 0 Å². The van der Waals surface area contributed by atoms with Gasteiger partial charge in [-0.25, -0.2) is 4.98 Å². The Morgan fingerprint density at radius 2 is 2.57 bits per heavy atom. The van der Waals surface area contributed by atoms with Gasteiger partial charge in [-0.05, 0) is 19.3 Å². The summed E-state index contributed by atoms with van der Waals surface area (Å²) >= 11 is 0. The monoisotopic (exact) mass is 194 g/mol. The van der Waals surface area contributed by atoms with Gasteiger partial charge in [-0.3, -0.25) is 9.36 Å². The highest BCUT2D eigenvalue weighted by Crippen LogP contribution is 2.15.